The Morgan fingerprint density at radius 1 is 1.06 bits per heavy atom. The van der Waals surface area contributed by atoms with E-state index in [2.05, 4.69) is 89.8 Å². The third kappa shape index (κ3) is 4.06. The monoisotopic (exact) mass is 516 g/mol. The van der Waals surface area contributed by atoms with Crippen molar-refractivity contribution >= 4 is 51.3 Å². The molecule has 1 aromatic carbocycles. The number of benzene rings is 1. The van der Waals surface area contributed by atoms with Gasteiger partial charge in [-0.05, 0) is 48.9 Å². The van der Waals surface area contributed by atoms with Gasteiger partial charge in [-0.2, -0.15) is 0 Å². The van der Waals surface area contributed by atoms with Crippen LogP contribution in [-0.4, -0.2) is 14.0 Å². The average molecular weight is 518 g/mol. The Kier molecular flexibility index (Phi) is 7.61. The van der Waals surface area contributed by atoms with Crippen LogP contribution in [0.15, 0.2) is 34.8 Å². The van der Waals surface area contributed by atoms with Gasteiger partial charge >= 0.3 is 0 Å². The molecule has 0 radical (unpaired) electrons. The molecular formula is C26H34BrClN4. The van der Waals surface area contributed by atoms with Crippen LogP contribution in [0, 0.1) is 6.92 Å². The van der Waals surface area contributed by atoms with E-state index in [4.69, 9.17) is 10.7 Å². The summed E-state index contributed by atoms with van der Waals surface area (Å²) in [5, 5.41) is 1.09. The van der Waals surface area contributed by atoms with Crippen LogP contribution in [0.5, 0.6) is 0 Å². The fraction of sp³-hybridized carbons (Fsp3) is 0.423. The number of hydrogen-bond donors (Lipinski definition) is 1. The molecule has 0 aliphatic rings. The fourth-order valence-corrected chi connectivity index (χ4v) is 5.44. The molecule has 32 heavy (non-hydrogen) atoms. The Bertz CT molecular complexity index is 1280. The van der Waals surface area contributed by atoms with E-state index < -0.39 is 0 Å². The van der Waals surface area contributed by atoms with Crippen molar-refractivity contribution in [1.29, 1.82) is 0 Å². The smallest absolute Gasteiger partial charge is 0.147 e. The Morgan fingerprint density at radius 2 is 1.75 bits per heavy atom. The third-order valence-electron chi connectivity index (χ3n) is 6.31. The number of nitrogens with zero attached hydrogens (tertiary/aromatic N) is 3. The zero-order valence-corrected chi connectivity index (χ0v) is 22.1. The largest absolute Gasteiger partial charge is 0.403 e. The highest BCUT2D eigenvalue weighted by Crippen LogP contribution is 2.36. The zero-order chi connectivity index (χ0) is 22.3. The summed E-state index contributed by atoms with van der Waals surface area (Å²) in [5.41, 5.74) is 14.2. The summed E-state index contributed by atoms with van der Waals surface area (Å²) in [6.45, 7) is 11.0. The lowest BCUT2D eigenvalue weighted by atomic mass is 9.99. The van der Waals surface area contributed by atoms with Crippen molar-refractivity contribution in [2.24, 2.45) is 5.73 Å². The van der Waals surface area contributed by atoms with Gasteiger partial charge in [0.25, 0.3) is 0 Å². The van der Waals surface area contributed by atoms with Crippen LogP contribution in [0.25, 0.3) is 34.1 Å². The van der Waals surface area contributed by atoms with Crippen molar-refractivity contribution in [2.75, 3.05) is 0 Å². The summed E-state index contributed by atoms with van der Waals surface area (Å²) >= 11 is 3.82. The van der Waals surface area contributed by atoms with Crippen molar-refractivity contribution in [3.8, 4) is 11.1 Å². The first-order valence-corrected chi connectivity index (χ1v) is 12.2. The van der Waals surface area contributed by atoms with E-state index in [0.717, 1.165) is 57.9 Å². The number of imidazole rings is 1. The average Bonchev–Trinajstić information content (AvgIpc) is 3.24. The highest BCUT2D eigenvalue weighted by atomic mass is 79.9. The number of aromatic nitrogens is 3. The normalized spacial score (nSPS) is 12.6. The van der Waals surface area contributed by atoms with Crippen LogP contribution >= 0.6 is 28.3 Å². The highest BCUT2D eigenvalue weighted by molar-refractivity contribution is 9.10. The van der Waals surface area contributed by atoms with Crippen LogP contribution < -0.4 is 11.1 Å². The van der Waals surface area contributed by atoms with Crippen molar-refractivity contribution in [3.05, 3.63) is 51.4 Å². The lowest BCUT2D eigenvalue weighted by Gasteiger charge is -2.20. The van der Waals surface area contributed by atoms with Gasteiger partial charge in [0.1, 0.15) is 11.3 Å². The summed E-state index contributed by atoms with van der Waals surface area (Å²) in [4.78, 5) is 4.97. The van der Waals surface area contributed by atoms with Crippen molar-refractivity contribution in [1.82, 2.24) is 14.0 Å². The molecule has 0 fully saturated rings. The number of hydrogen-bond acceptors (Lipinski definition) is 2. The second-order valence-corrected chi connectivity index (χ2v) is 9.76. The molecule has 0 bridgehead atoms. The molecule has 4 nitrogen and oxygen atoms in total. The molecule has 0 saturated carbocycles. The summed E-state index contributed by atoms with van der Waals surface area (Å²) in [5.74, 6) is 0.493. The predicted octanol–water partition coefficient (Wildman–Crippen LogP) is 7.13. The van der Waals surface area contributed by atoms with Gasteiger partial charge in [0.05, 0.1) is 10.9 Å². The lowest BCUT2D eigenvalue weighted by molar-refractivity contribution is 0.430. The molecule has 0 aliphatic heterocycles. The van der Waals surface area contributed by atoms with E-state index in [0.29, 0.717) is 12.0 Å². The molecule has 6 heteroatoms. The van der Waals surface area contributed by atoms with Crippen LogP contribution in [0.1, 0.15) is 76.6 Å². The van der Waals surface area contributed by atoms with E-state index >= 15 is 0 Å². The Hall–Kier alpha value is -1.98. The molecular weight excluding hydrogens is 484 g/mol. The topological polar surface area (TPSA) is 48.2 Å². The molecule has 3 heterocycles. The summed E-state index contributed by atoms with van der Waals surface area (Å²) in [7, 11) is 0. The maximum Gasteiger partial charge on any atom is 0.147 e. The maximum atomic E-state index is 6.23. The first-order chi connectivity index (χ1) is 14.9. The minimum atomic E-state index is 0. The second kappa shape index (κ2) is 9.88. The summed E-state index contributed by atoms with van der Waals surface area (Å²) < 4.78 is 5.85. The lowest BCUT2D eigenvalue weighted by Crippen LogP contribution is -2.23. The molecule has 2 N–H and O–H groups in total. The zero-order valence-electron chi connectivity index (χ0n) is 19.7. The Morgan fingerprint density at radius 3 is 2.31 bits per heavy atom. The van der Waals surface area contributed by atoms with Crippen LogP contribution in [0.3, 0.4) is 0 Å². The van der Waals surface area contributed by atoms with Crippen LogP contribution in [-0.2, 0) is 0 Å². The van der Waals surface area contributed by atoms with Crippen LogP contribution in [0.4, 0.5) is 0 Å². The van der Waals surface area contributed by atoms with Crippen LogP contribution in [0.2, 0.25) is 0 Å². The fourth-order valence-electron chi connectivity index (χ4n) is 4.83. The van der Waals surface area contributed by atoms with E-state index in [1.54, 1.807) is 6.20 Å². The Labute approximate surface area is 205 Å². The van der Waals surface area contributed by atoms with E-state index in [9.17, 15) is 0 Å². The molecule has 0 unspecified atom stereocenters. The molecule has 0 aliphatic carbocycles. The highest BCUT2D eigenvalue weighted by Gasteiger charge is 2.22. The number of aryl methyl sites for hydroxylation is 1. The van der Waals surface area contributed by atoms with E-state index in [1.165, 1.54) is 16.8 Å². The number of rotatable bonds is 7. The van der Waals surface area contributed by atoms with E-state index in [1.807, 2.05) is 0 Å². The third-order valence-corrected chi connectivity index (χ3v) is 6.97. The van der Waals surface area contributed by atoms with Gasteiger partial charge in [-0.3, -0.25) is 4.40 Å². The first-order valence-electron chi connectivity index (χ1n) is 11.5. The number of halogens is 2. The van der Waals surface area contributed by atoms with Gasteiger partial charge in [0, 0.05) is 34.0 Å². The second-order valence-electron chi connectivity index (χ2n) is 8.91. The summed E-state index contributed by atoms with van der Waals surface area (Å²) in [6, 6.07) is 11.6. The minimum absolute atomic E-state index is 0. The standard InChI is InChI=1S/C26H33BrN4.ClH/c1-6-8-19(9-7-2)30-24(15-28)23-14-21(26-29-17(5)12-25(30)31(23)26)20-11-10-18(16(3)4)13-22(20)27;/h10-16,19H,6-9,28H2,1-5H3;1H/b24-15-;. The van der Waals surface area contributed by atoms with Gasteiger partial charge in [0.15, 0.2) is 0 Å². The summed E-state index contributed by atoms with van der Waals surface area (Å²) in [6.07, 6.45) is 6.38. The van der Waals surface area contributed by atoms with Gasteiger partial charge in [-0.25, -0.2) is 4.98 Å². The SMILES string of the molecule is CCCC(CCC)n1/c(=C\N)c2cc(-c3ccc(C(C)C)cc3Br)c3nc(C)cc1n32.Cl. The van der Waals surface area contributed by atoms with Crippen molar-refractivity contribution in [3.63, 3.8) is 0 Å². The van der Waals surface area contributed by atoms with Crippen molar-refractivity contribution in [2.45, 2.75) is 72.3 Å². The quantitative estimate of drug-likeness (QED) is 0.283. The van der Waals surface area contributed by atoms with Crippen molar-refractivity contribution < 1.29 is 0 Å². The molecule has 4 rings (SSSR count). The first kappa shape index (κ1) is 24.7. The Balaban J connectivity index is 0.00000289. The molecule has 0 spiro atoms. The van der Waals surface area contributed by atoms with Gasteiger partial charge < -0.3 is 10.3 Å². The molecule has 3 aromatic heterocycles. The molecule has 4 aromatic rings. The molecule has 0 atom stereocenters. The minimum Gasteiger partial charge on any atom is -0.403 e. The predicted molar refractivity (Wildman–Crippen MR) is 143 cm³/mol. The molecule has 172 valence electrons. The molecule has 0 amide bonds. The maximum absolute atomic E-state index is 6.23. The van der Waals surface area contributed by atoms with E-state index in [-0.39, 0.29) is 12.4 Å². The van der Waals surface area contributed by atoms with Gasteiger partial charge in [-0.1, -0.05) is 68.6 Å². The van der Waals surface area contributed by atoms with Gasteiger partial charge in [0.2, 0.25) is 0 Å². The number of nitrogens with two attached hydrogens (primary N) is 1. The van der Waals surface area contributed by atoms with Gasteiger partial charge in [-0.15, -0.1) is 12.4 Å². The molecule has 0 saturated heterocycles.